The summed E-state index contributed by atoms with van der Waals surface area (Å²) in [7, 11) is 1.88. The fraction of sp³-hybridized carbons (Fsp3) is 0.304. The smallest absolute Gasteiger partial charge is 0.252 e. The molecule has 0 bridgehead atoms. The minimum atomic E-state index is -0.0928. The van der Waals surface area contributed by atoms with Crippen LogP contribution in [-0.4, -0.2) is 37.0 Å². The summed E-state index contributed by atoms with van der Waals surface area (Å²) in [6, 6.07) is 11.7. The number of para-hydroxylation sites is 1. The van der Waals surface area contributed by atoms with Gasteiger partial charge in [0.25, 0.3) is 5.91 Å². The summed E-state index contributed by atoms with van der Waals surface area (Å²) in [6.45, 7) is 7.34. The van der Waals surface area contributed by atoms with Crippen LogP contribution in [-0.2, 0) is 13.6 Å². The standard InChI is InChI=1S/C23H26N6O/c1-15-12-16(2)29(26-15)11-7-10-24-23(30)19-13-22(20-14-28(4)27-17(20)3)25-21-9-6-5-8-18(19)21/h5-6,8-9,12-14H,7,10-11H2,1-4H3,(H,24,30). The van der Waals surface area contributed by atoms with Gasteiger partial charge in [-0.2, -0.15) is 10.2 Å². The van der Waals surface area contributed by atoms with Crippen LogP contribution in [0, 0.1) is 20.8 Å². The van der Waals surface area contributed by atoms with Crippen LogP contribution in [0.5, 0.6) is 0 Å². The minimum Gasteiger partial charge on any atom is -0.352 e. The summed E-state index contributed by atoms with van der Waals surface area (Å²) in [5.41, 5.74) is 6.15. The van der Waals surface area contributed by atoms with E-state index < -0.39 is 0 Å². The molecule has 1 N–H and O–H groups in total. The first kappa shape index (κ1) is 19.8. The van der Waals surface area contributed by atoms with Gasteiger partial charge >= 0.3 is 0 Å². The van der Waals surface area contributed by atoms with Crippen molar-refractivity contribution in [1.29, 1.82) is 0 Å². The second-order valence-electron chi connectivity index (χ2n) is 7.63. The summed E-state index contributed by atoms with van der Waals surface area (Å²) in [4.78, 5) is 17.8. The van der Waals surface area contributed by atoms with Crippen molar-refractivity contribution in [3.8, 4) is 11.3 Å². The van der Waals surface area contributed by atoms with Gasteiger partial charge in [0.05, 0.1) is 28.2 Å². The SMILES string of the molecule is Cc1cc(C)n(CCCNC(=O)c2cc(-c3cn(C)nc3C)nc3ccccc23)n1. The highest BCUT2D eigenvalue weighted by Gasteiger charge is 2.16. The first-order chi connectivity index (χ1) is 14.4. The number of aryl methyl sites for hydroxylation is 5. The molecular formula is C23H26N6O. The predicted molar refractivity (Wildman–Crippen MR) is 117 cm³/mol. The molecule has 1 aromatic carbocycles. The molecule has 0 radical (unpaired) electrons. The van der Waals surface area contributed by atoms with E-state index in [0.717, 1.165) is 52.2 Å². The Kier molecular flexibility index (Phi) is 5.35. The highest BCUT2D eigenvalue weighted by atomic mass is 16.1. The molecule has 154 valence electrons. The Morgan fingerprint density at radius 3 is 2.60 bits per heavy atom. The molecule has 0 spiro atoms. The van der Waals surface area contributed by atoms with Crippen LogP contribution in [0.25, 0.3) is 22.2 Å². The van der Waals surface area contributed by atoms with Gasteiger partial charge in [-0.1, -0.05) is 18.2 Å². The molecule has 30 heavy (non-hydrogen) atoms. The highest BCUT2D eigenvalue weighted by molar-refractivity contribution is 6.07. The number of rotatable bonds is 6. The molecule has 7 heteroatoms. The van der Waals surface area contributed by atoms with Crippen molar-refractivity contribution in [3.63, 3.8) is 0 Å². The second kappa shape index (κ2) is 8.10. The van der Waals surface area contributed by atoms with Crippen LogP contribution in [0.1, 0.15) is 33.9 Å². The Labute approximate surface area is 175 Å². The van der Waals surface area contributed by atoms with E-state index in [1.165, 1.54) is 0 Å². The largest absolute Gasteiger partial charge is 0.352 e. The summed E-state index contributed by atoms with van der Waals surface area (Å²) < 4.78 is 3.74. The van der Waals surface area contributed by atoms with Crippen molar-refractivity contribution in [2.75, 3.05) is 6.54 Å². The number of benzene rings is 1. The molecule has 3 aromatic heterocycles. The summed E-state index contributed by atoms with van der Waals surface area (Å²) in [6.07, 6.45) is 2.74. The lowest BCUT2D eigenvalue weighted by Gasteiger charge is -2.11. The van der Waals surface area contributed by atoms with Crippen molar-refractivity contribution in [3.05, 3.63) is 65.2 Å². The van der Waals surface area contributed by atoms with Crippen LogP contribution in [0.3, 0.4) is 0 Å². The molecule has 7 nitrogen and oxygen atoms in total. The Hall–Kier alpha value is -3.48. The van der Waals surface area contributed by atoms with Gasteiger partial charge in [-0.05, 0) is 45.4 Å². The third-order valence-electron chi connectivity index (χ3n) is 5.19. The zero-order chi connectivity index (χ0) is 21.3. The molecule has 0 aliphatic heterocycles. The van der Waals surface area contributed by atoms with Gasteiger partial charge in [0.15, 0.2) is 0 Å². The van der Waals surface area contributed by atoms with Crippen molar-refractivity contribution >= 4 is 16.8 Å². The third-order valence-corrected chi connectivity index (χ3v) is 5.19. The normalized spacial score (nSPS) is 11.2. The topological polar surface area (TPSA) is 77.6 Å². The van der Waals surface area contributed by atoms with Gasteiger partial charge in [0.2, 0.25) is 0 Å². The van der Waals surface area contributed by atoms with Gasteiger partial charge in [0.1, 0.15) is 0 Å². The number of nitrogens with zero attached hydrogens (tertiary/aromatic N) is 5. The fourth-order valence-corrected chi connectivity index (χ4v) is 3.78. The zero-order valence-electron chi connectivity index (χ0n) is 17.8. The lowest BCUT2D eigenvalue weighted by atomic mass is 10.0. The van der Waals surface area contributed by atoms with E-state index in [1.807, 2.05) is 69.0 Å². The average molecular weight is 403 g/mol. The lowest BCUT2D eigenvalue weighted by molar-refractivity contribution is 0.0954. The molecule has 0 saturated heterocycles. The Morgan fingerprint density at radius 1 is 1.10 bits per heavy atom. The van der Waals surface area contributed by atoms with E-state index in [9.17, 15) is 4.79 Å². The van der Waals surface area contributed by atoms with Crippen molar-refractivity contribution in [2.45, 2.75) is 33.7 Å². The summed E-state index contributed by atoms with van der Waals surface area (Å²) in [5, 5.41) is 12.8. The maximum absolute atomic E-state index is 13.0. The van der Waals surface area contributed by atoms with E-state index >= 15 is 0 Å². The average Bonchev–Trinajstić information content (AvgIpc) is 3.23. The first-order valence-electron chi connectivity index (χ1n) is 10.1. The van der Waals surface area contributed by atoms with Gasteiger partial charge in [-0.3, -0.25) is 14.2 Å². The molecule has 0 atom stereocenters. The Balaban J connectivity index is 1.55. The van der Waals surface area contributed by atoms with Crippen LogP contribution < -0.4 is 5.32 Å². The van der Waals surface area contributed by atoms with E-state index in [-0.39, 0.29) is 5.91 Å². The maximum Gasteiger partial charge on any atom is 0.252 e. The molecule has 0 aliphatic rings. The van der Waals surface area contributed by atoms with Crippen molar-refractivity contribution in [2.24, 2.45) is 7.05 Å². The number of aromatic nitrogens is 5. The van der Waals surface area contributed by atoms with Crippen LogP contribution >= 0.6 is 0 Å². The number of fused-ring (bicyclic) bond motifs is 1. The van der Waals surface area contributed by atoms with Gasteiger partial charge in [0, 0.05) is 43.0 Å². The molecule has 1 amide bonds. The molecule has 4 rings (SSSR count). The lowest BCUT2D eigenvalue weighted by Crippen LogP contribution is -2.26. The zero-order valence-corrected chi connectivity index (χ0v) is 17.8. The van der Waals surface area contributed by atoms with Crippen LogP contribution in [0.4, 0.5) is 0 Å². The number of amides is 1. The summed E-state index contributed by atoms with van der Waals surface area (Å²) in [5.74, 6) is -0.0928. The number of hydrogen-bond acceptors (Lipinski definition) is 4. The highest BCUT2D eigenvalue weighted by Crippen LogP contribution is 2.26. The molecule has 0 unspecified atom stereocenters. The van der Waals surface area contributed by atoms with E-state index in [1.54, 1.807) is 4.68 Å². The van der Waals surface area contributed by atoms with E-state index in [0.29, 0.717) is 12.1 Å². The first-order valence-corrected chi connectivity index (χ1v) is 10.1. The molecule has 0 fully saturated rings. The number of pyridine rings is 1. The molecule has 4 aromatic rings. The summed E-state index contributed by atoms with van der Waals surface area (Å²) >= 11 is 0. The fourth-order valence-electron chi connectivity index (χ4n) is 3.78. The second-order valence-corrected chi connectivity index (χ2v) is 7.63. The number of hydrogen-bond donors (Lipinski definition) is 1. The molecule has 0 saturated carbocycles. The number of carbonyl (C=O) groups excluding carboxylic acids is 1. The minimum absolute atomic E-state index is 0.0928. The Bertz CT molecular complexity index is 1220. The Morgan fingerprint density at radius 2 is 1.90 bits per heavy atom. The van der Waals surface area contributed by atoms with Crippen molar-refractivity contribution in [1.82, 2.24) is 29.9 Å². The van der Waals surface area contributed by atoms with Crippen molar-refractivity contribution < 1.29 is 4.79 Å². The monoisotopic (exact) mass is 402 g/mol. The third kappa shape index (κ3) is 3.96. The number of carbonyl (C=O) groups is 1. The van der Waals surface area contributed by atoms with Gasteiger partial charge < -0.3 is 5.32 Å². The van der Waals surface area contributed by atoms with Gasteiger partial charge in [-0.15, -0.1) is 0 Å². The van der Waals surface area contributed by atoms with Crippen LogP contribution in [0.2, 0.25) is 0 Å². The molecular weight excluding hydrogens is 376 g/mol. The molecule has 0 aliphatic carbocycles. The van der Waals surface area contributed by atoms with Crippen LogP contribution in [0.15, 0.2) is 42.6 Å². The van der Waals surface area contributed by atoms with Gasteiger partial charge in [-0.25, -0.2) is 4.98 Å². The molecule has 3 heterocycles. The number of nitrogens with one attached hydrogen (secondary N) is 1. The maximum atomic E-state index is 13.0. The van der Waals surface area contributed by atoms with E-state index in [4.69, 9.17) is 4.98 Å². The van der Waals surface area contributed by atoms with E-state index in [2.05, 4.69) is 21.6 Å². The predicted octanol–water partition coefficient (Wildman–Crippen LogP) is 3.58. The quantitative estimate of drug-likeness (QED) is 0.500.